The van der Waals surface area contributed by atoms with Crippen LogP contribution in [-0.4, -0.2) is 45.8 Å². The standard InChI is InChI=1S/C13H14ClNO6/c1-2-11(17)15(10(7-16)12(18)19)21-13(20)8-5-3-4-6-9(8)14/h3-6,10,16H,2,7H2,1H3,(H,18,19)/t10-/m0/s1. The van der Waals surface area contributed by atoms with Crippen molar-refractivity contribution in [1.82, 2.24) is 5.06 Å². The molecule has 8 heteroatoms. The number of aliphatic hydroxyl groups excluding tert-OH is 1. The van der Waals surface area contributed by atoms with Gasteiger partial charge in [-0.1, -0.05) is 30.7 Å². The fourth-order valence-corrected chi connectivity index (χ4v) is 1.67. The van der Waals surface area contributed by atoms with Crippen molar-refractivity contribution in [3.05, 3.63) is 34.9 Å². The first-order chi connectivity index (χ1) is 9.92. The summed E-state index contributed by atoms with van der Waals surface area (Å²) in [7, 11) is 0. The van der Waals surface area contributed by atoms with Gasteiger partial charge in [0.25, 0.3) is 5.91 Å². The Morgan fingerprint density at radius 1 is 1.33 bits per heavy atom. The number of hydroxylamine groups is 2. The maximum Gasteiger partial charge on any atom is 0.364 e. The molecule has 0 aliphatic rings. The van der Waals surface area contributed by atoms with E-state index in [0.717, 1.165) is 0 Å². The van der Waals surface area contributed by atoms with Gasteiger partial charge < -0.3 is 15.1 Å². The number of halogens is 1. The Morgan fingerprint density at radius 2 is 1.95 bits per heavy atom. The van der Waals surface area contributed by atoms with Gasteiger partial charge in [-0.15, -0.1) is 0 Å². The zero-order valence-electron chi connectivity index (χ0n) is 11.2. The summed E-state index contributed by atoms with van der Waals surface area (Å²) in [4.78, 5) is 39.5. The molecule has 0 fully saturated rings. The number of aliphatic carboxylic acids is 1. The number of amides is 1. The van der Waals surface area contributed by atoms with Crippen molar-refractivity contribution in [2.45, 2.75) is 19.4 Å². The van der Waals surface area contributed by atoms with Crippen molar-refractivity contribution in [3.8, 4) is 0 Å². The van der Waals surface area contributed by atoms with E-state index in [-0.39, 0.29) is 17.0 Å². The highest BCUT2D eigenvalue weighted by molar-refractivity contribution is 6.33. The van der Waals surface area contributed by atoms with Gasteiger partial charge in [0, 0.05) is 6.42 Å². The third-order valence-electron chi connectivity index (χ3n) is 2.56. The highest BCUT2D eigenvalue weighted by Gasteiger charge is 2.32. The highest BCUT2D eigenvalue weighted by atomic mass is 35.5. The lowest BCUT2D eigenvalue weighted by molar-refractivity contribution is -0.190. The molecule has 0 spiro atoms. The molecule has 1 aromatic rings. The molecule has 0 saturated heterocycles. The maximum atomic E-state index is 12.0. The Bertz CT molecular complexity index is 547. The van der Waals surface area contributed by atoms with Crippen LogP contribution in [0.15, 0.2) is 24.3 Å². The predicted molar refractivity (Wildman–Crippen MR) is 72.5 cm³/mol. The van der Waals surface area contributed by atoms with Crippen LogP contribution in [0.25, 0.3) is 0 Å². The van der Waals surface area contributed by atoms with Crippen LogP contribution < -0.4 is 0 Å². The van der Waals surface area contributed by atoms with Crippen LogP contribution >= 0.6 is 11.6 Å². The van der Waals surface area contributed by atoms with Crippen LogP contribution in [-0.2, 0) is 14.4 Å². The van der Waals surface area contributed by atoms with Crippen molar-refractivity contribution in [1.29, 1.82) is 0 Å². The van der Waals surface area contributed by atoms with Gasteiger partial charge in [-0.3, -0.25) is 4.79 Å². The van der Waals surface area contributed by atoms with E-state index in [2.05, 4.69) is 0 Å². The lowest BCUT2D eigenvalue weighted by Crippen LogP contribution is -2.48. The first kappa shape index (κ1) is 16.9. The van der Waals surface area contributed by atoms with Crippen LogP contribution in [0.1, 0.15) is 23.7 Å². The third kappa shape index (κ3) is 4.17. The highest BCUT2D eigenvalue weighted by Crippen LogP contribution is 2.17. The number of aliphatic hydroxyl groups is 1. The third-order valence-corrected chi connectivity index (χ3v) is 2.89. The zero-order chi connectivity index (χ0) is 16.0. The number of carbonyl (C=O) groups is 3. The summed E-state index contributed by atoms with van der Waals surface area (Å²) in [6.45, 7) is 0.575. The summed E-state index contributed by atoms with van der Waals surface area (Å²) >= 11 is 5.82. The van der Waals surface area contributed by atoms with E-state index in [0.29, 0.717) is 5.06 Å². The average molecular weight is 316 g/mol. The molecule has 0 aliphatic carbocycles. The SMILES string of the molecule is CCC(=O)N(OC(=O)c1ccccc1Cl)[C@@H](CO)C(=O)O. The molecule has 0 radical (unpaired) electrons. The molecule has 0 aromatic heterocycles. The van der Waals surface area contributed by atoms with E-state index < -0.39 is 30.5 Å². The summed E-state index contributed by atoms with van der Waals surface area (Å²) in [5.74, 6) is -3.23. The van der Waals surface area contributed by atoms with Crippen molar-refractivity contribution < 1.29 is 29.4 Å². The quantitative estimate of drug-likeness (QED) is 0.788. The fourth-order valence-electron chi connectivity index (χ4n) is 1.46. The number of rotatable bonds is 5. The second-order valence-electron chi connectivity index (χ2n) is 3.97. The summed E-state index contributed by atoms with van der Waals surface area (Å²) in [6, 6.07) is 4.28. The molecule has 1 aromatic carbocycles. The monoisotopic (exact) mass is 315 g/mol. The molecule has 0 bridgehead atoms. The van der Waals surface area contributed by atoms with Gasteiger partial charge in [0.2, 0.25) is 0 Å². The van der Waals surface area contributed by atoms with Crippen LogP contribution in [0, 0.1) is 0 Å². The van der Waals surface area contributed by atoms with Gasteiger partial charge in [0.05, 0.1) is 17.2 Å². The molecule has 0 heterocycles. The number of hydrogen-bond acceptors (Lipinski definition) is 5. The Hall–Kier alpha value is -2.12. The first-order valence-corrected chi connectivity index (χ1v) is 6.42. The van der Waals surface area contributed by atoms with Crippen molar-refractivity contribution in [2.75, 3.05) is 6.61 Å². The number of carbonyl (C=O) groups excluding carboxylic acids is 2. The van der Waals surface area contributed by atoms with E-state index in [9.17, 15) is 14.4 Å². The maximum absolute atomic E-state index is 12.0. The van der Waals surface area contributed by atoms with E-state index in [4.69, 9.17) is 26.7 Å². The molecule has 1 atom stereocenters. The van der Waals surface area contributed by atoms with Gasteiger partial charge in [0.1, 0.15) is 0 Å². The second-order valence-corrected chi connectivity index (χ2v) is 4.38. The van der Waals surface area contributed by atoms with Crippen LogP contribution in [0.5, 0.6) is 0 Å². The lowest BCUT2D eigenvalue weighted by atomic mass is 10.2. The summed E-state index contributed by atoms with van der Waals surface area (Å²) < 4.78 is 0. The molecular weight excluding hydrogens is 302 g/mol. The Labute approximate surface area is 125 Å². The van der Waals surface area contributed by atoms with Crippen LogP contribution in [0.4, 0.5) is 0 Å². The lowest BCUT2D eigenvalue weighted by Gasteiger charge is -2.25. The molecule has 114 valence electrons. The smallest absolute Gasteiger partial charge is 0.364 e. The molecule has 0 aliphatic heterocycles. The fraction of sp³-hybridized carbons (Fsp3) is 0.308. The molecule has 2 N–H and O–H groups in total. The minimum atomic E-state index is -1.68. The second kappa shape index (κ2) is 7.61. The van der Waals surface area contributed by atoms with E-state index >= 15 is 0 Å². The van der Waals surface area contributed by atoms with Crippen molar-refractivity contribution >= 4 is 29.4 Å². The number of hydrogen-bond donors (Lipinski definition) is 2. The number of benzene rings is 1. The predicted octanol–water partition coefficient (Wildman–Crippen LogP) is 1.10. The van der Waals surface area contributed by atoms with E-state index in [1.807, 2.05) is 0 Å². The molecular formula is C13H14ClNO6. The zero-order valence-corrected chi connectivity index (χ0v) is 11.9. The van der Waals surface area contributed by atoms with Gasteiger partial charge in [-0.25, -0.2) is 9.59 Å². The van der Waals surface area contributed by atoms with E-state index in [1.54, 1.807) is 6.07 Å². The Morgan fingerprint density at radius 3 is 2.43 bits per heavy atom. The topological polar surface area (TPSA) is 104 Å². The summed E-state index contributed by atoms with van der Waals surface area (Å²) in [6.07, 6.45) is -0.0976. The van der Waals surface area contributed by atoms with Gasteiger partial charge >= 0.3 is 11.9 Å². The summed E-state index contributed by atoms with van der Waals surface area (Å²) in [5, 5.41) is 18.5. The van der Waals surface area contributed by atoms with Gasteiger partial charge in [0.15, 0.2) is 6.04 Å². The largest absolute Gasteiger partial charge is 0.480 e. The van der Waals surface area contributed by atoms with Crippen molar-refractivity contribution in [3.63, 3.8) is 0 Å². The number of carboxylic acid groups (broad SMARTS) is 1. The summed E-state index contributed by atoms with van der Waals surface area (Å²) in [5.41, 5.74) is -0.0184. The van der Waals surface area contributed by atoms with E-state index in [1.165, 1.54) is 25.1 Å². The Balaban J connectivity index is 3.02. The van der Waals surface area contributed by atoms with Crippen LogP contribution in [0.3, 0.4) is 0 Å². The minimum Gasteiger partial charge on any atom is -0.480 e. The Kier molecular flexibility index (Phi) is 6.13. The first-order valence-electron chi connectivity index (χ1n) is 6.04. The number of nitrogens with zero attached hydrogens (tertiary/aromatic N) is 1. The van der Waals surface area contributed by atoms with Crippen LogP contribution in [0.2, 0.25) is 5.02 Å². The normalized spacial score (nSPS) is 11.6. The molecule has 7 nitrogen and oxygen atoms in total. The van der Waals surface area contributed by atoms with Gasteiger partial charge in [-0.05, 0) is 12.1 Å². The number of carboxylic acids is 1. The van der Waals surface area contributed by atoms with Gasteiger partial charge in [-0.2, -0.15) is 5.06 Å². The molecule has 0 saturated carbocycles. The molecule has 0 unspecified atom stereocenters. The molecule has 1 rings (SSSR count). The average Bonchev–Trinajstić information content (AvgIpc) is 2.46. The minimum absolute atomic E-state index is 0.0184. The van der Waals surface area contributed by atoms with Crippen molar-refractivity contribution in [2.24, 2.45) is 0 Å². The molecule has 1 amide bonds. The molecule has 21 heavy (non-hydrogen) atoms.